The monoisotopic (exact) mass is 257 g/mol. The highest BCUT2D eigenvalue weighted by Crippen LogP contribution is 2.58. The minimum absolute atomic E-state index is 0.0377. The van der Waals surface area contributed by atoms with E-state index in [0.29, 0.717) is 5.92 Å². The molecule has 0 aromatic heterocycles. The van der Waals surface area contributed by atoms with Crippen molar-refractivity contribution in [3.8, 4) is 0 Å². The summed E-state index contributed by atoms with van der Waals surface area (Å²) in [7, 11) is 0. The third-order valence-electron chi connectivity index (χ3n) is 5.14. The molecule has 1 saturated carbocycles. The summed E-state index contributed by atoms with van der Waals surface area (Å²) in [5.41, 5.74) is 1.23. The zero-order chi connectivity index (χ0) is 13.5. The van der Waals surface area contributed by atoms with Crippen molar-refractivity contribution < 1.29 is 5.11 Å². The molecule has 0 bridgehead atoms. The lowest BCUT2D eigenvalue weighted by Gasteiger charge is -2.61. The van der Waals surface area contributed by atoms with Gasteiger partial charge in [-0.1, -0.05) is 56.3 Å². The van der Waals surface area contributed by atoms with Crippen LogP contribution in [-0.2, 0) is 0 Å². The van der Waals surface area contributed by atoms with E-state index < -0.39 is 0 Å². The van der Waals surface area contributed by atoms with Crippen molar-refractivity contribution >= 4 is 0 Å². The van der Waals surface area contributed by atoms with E-state index in [1.807, 2.05) is 6.07 Å². The zero-order valence-corrected chi connectivity index (χ0v) is 11.8. The Morgan fingerprint density at radius 3 is 2.53 bits per heavy atom. The van der Waals surface area contributed by atoms with Gasteiger partial charge in [0.1, 0.15) is 0 Å². The van der Waals surface area contributed by atoms with Crippen LogP contribution in [0, 0.1) is 5.92 Å². The summed E-state index contributed by atoms with van der Waals surface area (Å²) in [6.45, 7) is 6.40. The zero-order valence-electron chi connectivity index (χ0n) is 11.8. The largest absolute Gasteiger partial charge is 0.390 e. The van der Waals surface area contributed by atoms with Crippen molar-refractivity contribution in [2.45, 2.75) is 37.8 Å². The molecular weight excluding hydrogens is 234 g/mol. The molecule has 2 heteroatoms. The number of hydrogen-bond donors (Lipinski definition) is 1. The lowest BCUT2D eigenvalue weighted by Crippen LogP contribution is -2.70. The Morgan fingerprint density at radius 1 is 1.21 bits per heavy atom. The summed E-state index contributed by atoms with van der Waals surface area (Å²) in [6.07, 6.45) is 5.32. The van der Waals surface area contributed by atoms with Crippen molar-refractivity contribution in [3.63, 3.8) is 0 Å². The Hall–Kier alpha value is -1.12. The molecule has 0 aliphatic heterocycles. The summed E-state index contributed by atoms with van der Waals surface area (Å²) >= 11 is 0. The van der Waals surface area contributed by atoms with Gasteiger partial charge >= 0.3 is 0 Å². The maximum Gasteiger partial charge on any atom is 0.0807 e. The summed E-state index contributed by atoms with van der Waals surface area (Å²) < 4.78 is 0. The molecular formula is C17H23NO. The van der Waals surface area contributed by atoms with Crippen LogP contribution < -0.4 is 0 Å². The lowest BCUT2D eigenvalue weighted by atomic mass is 9.55. The molecule has 1 N–H and O–H groups in total. The lowest BCUT2D eigenvalue weighted by molar-refractivity contribution is -0.143. The van der Waals surface area contributed by atoms with E-state index in [1.54, 1.807) is 0 Å². The highest BCUT2D eigenvalue weighted by molar-refractivity contribution is 5.38. The first-order valence-corrected chi connectivity index (χ1v) is 7.40. The van der Waals surface area contributed by atoms with E-state index in [0.717, 1.165) is 19.5 Å². The van der Waals surface area contributed by atoms with Gasteiger partial charge in [0.2, 0.25) is 0 Å². The molecule has 102 valence electrons. The molecule has 0 spiro atoms. The number of fused-ring (bicyclic) bond motifs is 1. The molecule has 4 unspecified atom stereocenters. The van der Waals surface area contributed by atoms with E-state index in [1.165, 1.54) is 5.56 Å². The van der Waals surface area contributed by atoms with Gasteiger partial charge in [0.05, 0.1) is 11.6 Å². The first-order chi connectivity index (χ1) is 9.25. The van der Waals surface area contributed by atoms with Gasteiger partial charge in [-0.25, -0.2) is 0 Å². The third-order valence-corrected chi connectivity index (χ3v) is 5.14. The molecule has 0 saturated heterocycles. The van der Waals surface area contributed by atoms with Crippen LogP contribution >= 0.6 is 0 Å². The van der Waals surface area contributed by atoms with Crippen LogP contribution in [0.15, 0.2) is 42.5 Å². The maximum atomic E-state index is 10.8. The van der Waals surface area contributed by atoms with Crippen molar-refractivity contribution in [3.05, 3.63) is 48.0 Å². The van der Waals surface area contributed by atoms with Gasteiger partial charge in [-0.15, -0.1) is 0 Å². The number of aliphatic hydroxyl groups excluding tert-OH is 1. The average molecular weight is 257 g/mol. The molecule has 2 aliphatic carbocycles. The fourth-order valence-corrected chi connectivity index (χ4v) is 4.25. The topological polar surface area (TPSA) is 23.5 Å². The quantitative estimate of drug-likeness (QED) is 0.838. The Bertz CT molecular complexity index is 465. The van der Waals surface area contributed by atoms with Gasteiger partial charge in [0.15, 0.2) is 0 Å². The van der Waals surface area contributed by atoms with E-state index in [9.17, 15) is 5.11 Å². The van der Waals surface area contributed by atoms with Crippen LogP contribution in [0.1, 0.15) is 31.7 Å². The van der Waals surface area contributed by atoms with Gasteiger partial charge in [-0.05, 0) is 25.1 Å². The van der Waals surface area contributed by atoms with Crippen LogP contribution in [-0.4, -0.2) is 34.7 Å². The fraction of sp³-hybridized carbons (Fsp3) is 0.529. The van der Waals surface area contributed by atoms with E-state index in [2.05, 4.69) is 55.2 Å². The van der Waals surface area contributed by atoms with Gasteiger partial charge in [-0.2, -0.15) is 0 Å². The first kappa shape index (κ1) is 12.9. The molecule has 2 aliphatic rings. The number of benzene rings is 1. The Balaban J connectivity index is 1.92. The minimum Gasteiger partial charge on any atom is -0.390 e. The van der Waals surface area contributed by atoms with Crippen molar-refractivity contribution in [2.75, 3.05) is 13.1 Å². The Labute approximate surface area is 115 Å². The predicted molar refractivity (Wildman–Crippen MR) is 78.1 cm³/mol. The van der Waals surface area contributed by atoms with Gasteiger partial charge in [-0.3, -0.25) is 4.90 Å². The van der Waals surface area contributed by atoms with Crippen LogP contribution in [0.5, 0.6) is 0 Å². The highest BCUT2D eigenvalue weighted by Gasteiger charge is 2.64. The highest BCUT2D eigenvalue weighted by atomic mass is 16.3. The number of rotatable bonds is 4. The second kappa shape index (κ2) is 4.77. The summed E-state index contributed by atoms with van der Waals surface area (Å²) in [6, 6.07) is 10.5. The number of aliphatic hydroxyl groups is 1. The maximum absolute atomic E-state index is 10.8. The van der Waals surface area contributed by atoms with Crippen LogP contribution in [0.3, 0.4) is 0 Å². The second-order valence-electron chi connectivity index (χ2n) is 5.70. The molecule has 0 amide bonds. The van der Waals surface area contributed by atoms with E-state index >= 15 is 0 Å². The number of likely N-dealkylation sites (N-methyl/N-ethyl adjacent to an activating group) is 1. The first-order valence-electron chi connectivity index (χ1n) is 7.40. The molecule has 0 heterocycles. The number of nitrogens with zero attached hydrogens (tertiary/aromatic N) is 1. The van der Waals surface area contributed by atoms with Crippen molar-refractivity contribution in [1.82, 2.24) is 4.90 Å². The summed E-state index contributed by atoms with van der Waals surface area (Å²) in [5.74, 6) is 0.727. The van der Waals surface area contributed by atoms with Crippen LogP contribution in [0.2, 0.25) is 0 Å². The Morgan fingerprint density at radius 2 is 1.89 bits per heavy atom. The molecule has 19 heavy (non-hydrogen) atoms. The third kappa shape index (κ3) is 1.63. The average Bonchev–Trinajstić information content (AvgIpc) is 2.82. The smallest absolute Gasteiger partial charge is 0.0807 e. The number of hydrogen-bond acceptors (Lipinski definition) is 2. The van der Waals surface area contributed by atoms with Crippen molar-refractivity contribution in [2.24, 2.45) is 5.92 Å². The van der Waals surface area contributed by atoms with E-state index in [-0.39, 0.29) is 17.6 Å². The van der Waals surface area contributed by atoms with Gasteiger partial charge < -0.3 is 5.11 Å². The Kier molecular flexibility index (Phi) is 3.23. The molecule has 2 nitrogen and oxygen atoms in total. The molecule has 0 radical (unpaired) electrons. The minimum atomic E-state index is -0.255. The van der Waals surface area contributed by atoms with Gasteiger partial charge in [0, 0.05) is 11.8 Å². The molecule has 1 aromatic rings. The molecule has 1 fully saturated rings. The fourth-order valence-electron chi connectivity index (χ4n) is 4.25. The van der Waals surface area contributed by atoms with Crippen molar-refractivity contribution in [1.29, 1.82) is 0 Å². The summed E-state index contributed by atoms with van der Waals surface area (Å²) in [5, 5.41) is 10.8. The van der Waals surface area contributed by atoms with Crippen LogP contribution in [0.4, 0.5) is 0 Å². The SMILES string of the molecule is CCN(CC)C12CC=CC1C(c1ccccc1)C2O. The molecule has 1 aromatic carbocycles. The van der Waals surface area contributed by atoms with E-state index in [4.69, 9.17) is 0 Å². The predicted octanol–water partition coefficient (Wildman–Crippen LogP) is 2.80. The molecule has 4 atom stereocenters. The van der Waals surface area contributed by atoms with Crippen LogP contribution in [0.25, 0.3) is 0 Å². The normalized spacial score (nSPS) is 36.3. The molecule has 3 rings (SSSR count). The summed E-state index contributed by atoms with van der Waals surface area (Å²) in [4.78, 5) is 2.45. The standard InChI is InChI=1S/C17H23NO/c1-3-18(4-2)17-12-8-11-14(17)15(16(17)19)13-9-6-5-7-10-13/h5-11,14-16,19H,3-4,12H2,1-2H3. The van der Waals surface area contributed by atoms with Gasteiger partial charge in [0.25, 0.3) is 0 Å². The second-order valence-corrected chi connectivity index (χ2v) is 5.70.